The van der Waals surface area contributed by atoms with Crippen LogP contribution in [0.4, 0.5) is 4.79 Å². The molecule has 0 bridgehead atoms. The summed E-state index contributed by atoms with van der Waals surface area (Å²) in [5.74, 6) is 0.975. The lowest BCUT2D eigenvalue weighted by molar-refractivity contribution is -0.136. The number of rotatable bonds is 5. The number of methoxy groups -OCH3 is 2. The Hall–Kier alpha value is -3.22. The Balaban J connectivity index is 1.65. The normalized spacial score (nSPS) is 20.0. The number of urea groups is 1. The van der Waals surface area contributed by atoms with Crippen LogP contribution in [0.25, 0.3) is 0 Å². The van der Waals surface area contributed by atoms with Gasteiger partial charge in [0.25, 0.3) is 0 Å². The van der Waals surface area contributed by atoms with Crippen LogP contribution < -0.4 is 14.8 Å². The van der Waals surface area contributed by atoms with Crippen molar-refractivity contribution in [1.29, 1.82) is 0 Å². The molecule has 1 N–H and O–H groups in total. The highest BCUT2D eigenvalue weighted by atomic mass is 16.5. The van der Waals surface area contributed by atoms with Gasteiger partial charge in [-0.25, -0.2) is 4.79 Å². The van der Waals surface area contributed by atoms with Crippen molar-refractivity contribution in [1.82, 2.24) is 15.1 Å². The number of hydrogen-bond acceptors (Lipinski definition) is 4. The molecule has 0 aromatic heterocycles. The molecule has 1 saturated heterocycles. The number of carbonyl (C=O) groups excluding carboxylic acids is 2. The Morgan fingerprint density at radius 3 is 2.53 bits per heavy atom. The third-order valence-corrected chi connectivity index (χ3v) is 6.53. The first kappa shape index (κ1) is 22.0. The highest BCUT2D eigenvalue weighted by Crippen LogP contribution is 2.40. The van der Waals surface area contributed by atoms with E-state index in [4.69, 9.17) is 9.47 Å². The summed E-state index contributed by atoms with van der Waals surface area (Å²) >= 11 is 0. The predicted octanol–water partition coefficient (Wildman–Crippen LogP) is 3.03. The average molecular weight is 438 g/mol. The van der Waals surface area contributed by atoms with Gasteiger partial charge in [-0.3, -0.25) is 4.79 Å². The molecule has 2 unspecified atom stereocenters. The minimum Gasteiger partial charge on any atom is -0.497 e. The van der Waals surface area contributed by atoms with Crippen molar-refractivity contribution >= 4 is 11.9 Å². The second-order valence-electron chi connectivity index (χ2n) is 8.34. The summed E-state index contributed by atoms with van der Waals surface area (Å²) in [5.41, 5.74) is 3.40. The fraction of sp³-hybridized carbons (Fsp3) is 0.440. The molecule has 2 heterocycles. The van der Waals surface area contributed by atoms with Crippen LogP contribution in [0.15, 0.2) is 42.5 Å². The van der Waals surface area contributed by atoms with Gasteiger partial charge in [-0.1, -0.05) is 24.3 Å². The van der Waals surface area contributed by atoms with E-state index in [0.29, 0.717) is 44.2 Å². The van der Waals surface area contributed by atoms with Crippen LogP contribution in [0.1, 0.15) is 29.5 Å². The number of carbonyl (C=O) groups is 2. The first-order valence-corrected chi connectivity index (χ1v) is 11.2. The maximum Gasteiger partial charge on any atom is 0.317 e. The lowest BCUT2D eigenvalue weighted by Gasteiger charge is -2.32. The molecular formula is C25H31N3O4. The van der Waals surface area contributed by atoms with E-state index in [0.717, 1.165) is 12.0 Å². The molecule has 2 atom stereocenters. The molecule has 7 nitrogen and oxygen atoms in total. The molecule has 170 valence electrons. The van der Waals surface area contributed by atoms with Gasteiger partial charge in [0.1, 0.15) is 11.5 Å². The number of ether oxygens (including phenoxy) is 2. The van der Waals surface area contributed by atoms with Crippen molar-refractivity contribution in [2.45, 2.75) is 25.8 Å². The molecule has 2 aliphatic rings. The predicted molar refractivity (Wildman–Crippen MR) is 122 cm³/mol. The van der Waals surface area contributed by atoms with Crippen molar-refractivity contribution in [3.05, 3.63) is 59.2 Å². The second kappa shape index (κ2) is 9.51. The molecule has 0 spiro atoms. The van der Waals surface area contributed by atoms with Crippen molar-refractivity contribution in [2.24, 2.45) is 5.92 Å². The number of benzene rings is 2. The van der Waals surface area contributed by atoms with Gasteiger partial charge in [0.2, 0.25) is 5.91 Å². The first-order valence-electron chi connectivity index (χ1n) is 11.2. The first-order chi connectivity index (χ1) is 15.5. The lowest BCUT2D eigenvalue weighted by atomic mass is 9.86. The molecule has 32 heavy (non-hydrogen) atoms. The van der Waals surface area contributed by atoms with E-state index >= 15 is 0 Å². The van der Waals surface area contributed by atoms with Gasteiger partial charge in [0, 0.05) is 44.2 Å². The summed E-state index contributed by atoms with van der Waals surface area (Å²) in [6.07, 6.45) is 0.849. The van der Waals surface area contributed by atoms with Crippen molar-refractivity contribution < 1.29 is 19.1 Å². The topological polar surface area (TPSA) is 71.1 Å². The van der Waals surface area contributed by atoms with E-state index in [1.54, 1.807) is 19.1 Å². The molecule has 2 aromatic carbocycles. The monoisotopic (exact) mass is 437 g/mol. The van der Waals surface area contributed by atoms with Crippen LogP contribution in [-0.4, -0.2) is 62.1 Å². The van der Waals surface area contributed by atoms with Gasteiger partial charge < -0.3 is 24.6 Å². The number of nitrogens with zero attached hydrogens (tertiary/aromatic N) is 2. The quantitative estimate of drug-likeness (QED) is 0.781. The number of fused-ring (bicyclic) bond motifs is 1. The Kier molecular flexibility index (Phi) is 6.53. The molecule has 7 heteroatoms. The lowest BCUT2D eigenvalue weighted by Crippen LogP contribution is -2.43. The van der Waals surface area contributed by atoms with Gasteiger partial charge in [0.15, 0.2) is 0 Å². The minimum atomic E-state index is -0.344. The molecule has 4 rings (SSSR count). The van der Waals surface area contributed by atoms with E-state index < -0.39 is 0 Å². The highest BCUT2D eigenvalue weighted by Gasteiger charge is 2.43. The summed E-state index contributed by atoms with van der Waals surface area (Å²) in [6.45, 7) is 4.57. The van der Waals surface area contributed by atoms with Gasteiger partial charge >= 0.3 is 6.03 Å². The zero-order chi connectivity index (χ0) is 22.7. The fourth-order valence-electron chi connectivity index (χ4n) is 4.85. The van der Waals surface area contributed by atoms with Crippen LogP contribution in [0, 0.1) is 5.92 Å². The third-order valence-electron chi connectivity index (χ3n) is 6.53. The minimum absolute atomic E-state index is 0.0844. The zero-order valence-electron chi connectivity index (χ0n) is 19.0. The van der Waals surface area contributed by atoms with Gasteiger partial charge in [-0.05, 0) is 42.7 Å². The van der Waals surface area contributed by atoms with Crippen LogP contribution in [0.3, 0.4) is 0 Å². The third kappa shape index (κ3) is 4.24. The summed E-state index contributed by atoms with van der Waals surface area (Å²) in [4.78, 5) is 30.1. The molecular weight excluding hydrogens is 406 g/mol. The maximum absolute atomic E-state index is 13.8. The largest absolute Gasteiger partial charge is 0.497 e. The van der Waals surface area contributed by atoms with Crippen LogP contribution in [0.5, 0.6) is 11.5 Å². The van der Waals surface area contributed by atoms with E-state index in [1.807, 2.05) is 42.2 Å². The number of amides is 3. The van der Waals surface area contributed by atoms with E-state index in [1.165, 1.54) is 11.1 Å². The number of likely N-dealkylation sites (tertiary alicyclic amines) is 1. The molecule has 1 fully saturated rings. The number of hydrogen-bond donors (Lipinski definition) is 1. The Labute approximate surface area is 189 Å². The summed E-state index contributed by atoms with van der Waals surface area (Å²) in [5, 5.41) is 2.87. The van der Waals surface area contributed by atoms with E-state index in [2.05, 4.69) is 17.4 Å². The molecule has 2 aliphatic heterocycles. The van der Waals surface area contributed by atoms with Crippen molar-refractivity contribution in [3.8, 4) is 11.5 Å². The highest BCUT2D eigenvalue weighted by molar-refractivity contribution is 5.83. The Morgan fingerprint density at radius 2 is 1.81 bits per heavy atom. The summed E-state index contributed by atoms with van der Waals surface area (Å²) < 4.78 is 11.1. The second-order valence-corrected chi connectivity index (χ2v) is 8.34. The van der Waals surface area contributed by atoms with Gasteiger partial charge in [-0.15, -0.1) is 0 Å². The summed E-state index contributed by atoms with van der Waals surface area (Å²) in [7, 11) is 3.25. The van der Waals surface area contributed by atoms with E-state index in [9.17, 15) is 9.59 Å². The van der Waals surface area contributed by atoms with Crippen LogP contribution in [-0.2, 0) is 17.8 Å². The van der Waals surface area contributed by atoms with E-state index in [-0.39, 0.29) is 23.8 Å². The number of nitrogens with one attached hydrogen (secondary N) is 1. The standard InChI is InChI=1S/C25H31N3O4/c1-4-26-25(30)28-15-21(20-13-19(31-2)9-10-23(20)32-3)22(16-28)24(29)27-12-11-17-7-5-6-8-18(17)14-27/h5-10,13,21-22H,4,11-12,14-16H2,1-3H3,(H,26,30). The van der Waals surface area contributed by atoms with Crippen LogP contribution >= 0.6 is 0 Å². The Bertz CT molecular complexity index is 993. The van der Waals surface area contributed by atoms with Gasteiger partial charge in [-0.2, -0.15) is 0 Å². The zero-order valence-corrected chi connectivity index (χ0v) is 19.0. The smallest absolute Gasteiger partial charge is 0.317 e. The van der Waals surface area contributed by atoms with Crippen molar-refractivity contribution in [2.75, 3.05) is 40.4 Å². The fourth-order valence-corrected chi connectivity index (χ4v) is 4.85. The molecule has 0 aliphatic carbocycles. The average Bonchev–Trinajstić information content (AvgIpc) is 3.28. The molecule has 0 radical (unpaired) electrons. The molecule has 0 saturated carbocycles. The Morgan fingerprint density at radius 1 is 1.03 bits per heavy atom. The SMILES string of the molecule is CCNC(=O)N1CC(C(=O)N2CCc3ccccc3C2)C(c2cc(OC)ccc2OC)C1. The van der Waals surface area contributed by atoms with Gasteiger partial charge in [0.05, 0.1) is 20.1 Å². The summed E-state index contributed by atoms with van der Waals surface area (Å²) in [6, 6.07) is 13.8. The maximum atomic E-state index is 13.8. The van der Waals surface area contributed by atoms with Crippen molar-refractivity contribution in [3.63, 3.8) is 0 Å². The molecule has 2 aromatic rings. The van der Waals surface area contributed by atoms with Crippen LogP contribution in [0.2, 0.25) is 0 Å². The molecule has 3 amide bonds.